The molecule has 0 unspecified atom stereocenters. The van der Waals surface area contributed by atoms with Crippen molar-refractivity contribution in [3.05, 3.63) is 267 Å². The van der Waals surface area contributed by atoms with Gasteiger partial charge in [0.15, 0.2) is 8.07 Å². The van der Waals surface area contributed by atoms with E-state index in [1.54, 1.807) is 0 Å². The van der Waals surface area contributed by atoms with Gasteiger partial charge in [-0.05, 0) is 114 Å². The maximum Gasteiger partial charge on any atom is 0.179 e. The van der Waals surface area contributed by atoms with E-state index in [-0.39, 0.29) is 0 Å². The lowest BCUT2D eigenvalue weighted by Crippen LogP contribution is -2.74. The van der Waals surface area contributed by atoms with Gasteiger partial charge in [0.2, 0.25) is 0 Å². The zero-order valence-corrected chi connectivity index (χ0v) is 36.8. The molecule has 12 aromatic rings. The van der Waals surface area contributed by atoms with Crippen molar-refractivity contribution in [3.8, 4) is 16.8 Å². The zero-order valence-electron chi connectivity index (χ0n) is 35.8. The molecule has 3 heteroatoms. The minimum Gasteiger partial charge on any atom is -0.311 e. The van der Waals surface area contributed by atoms with Crippen molar-refractivity contribution in [3.63, 3.8) is 0 Å². The van der Waals surface area contributed by atoms with Crippen LogP contribution in [0.5, 0.6) is 0 Å². The number of aromatic nitrogens is 1. The standard InChI is InChI=1S/C62H44N2Si/c1-4-22-52(23-5-1)65(53-24-6-2-7-25-53,54-26-8-3-9-27-54)55-28-17-21-51(44-55)63(48-37-34-47(35-38-48)57-32-16-20-45-18-10-12-29-56(45)57)49-39-41-50(42-40-49)64-60-33-15-14-31-59(60)62-58-30-13-11-19-46(58)36-43-61(62)64/h1-44H. The second-order valence-corrected chi connectivity index (χ2v) is 20.7. The summed E-state index contributed by atoms with van der Waals surface area (Å²) in [7, 11) is -2.81. The fourth-order valence-electron chi connectivity index (χ4n) is 10.4. The summed E-state index contributed by atoms with van der Waals surface area (Å²) >= 11 is 0. The number of para-hydroxylation sites is 1. The highest BCUT2D eigenvalue weighted by Crippen LogP contribution is 2.40. The van der Waals surface area contributed by atoms with E-state index in [1.165, 1.54) is 75.2 Å². The molecule has 0 amide bonds. The van der Waals surface area contributed by atoms with Gasteiger partial charge in [0.1, 0.15) is 0 Å². The third-order valence-corrected chi connectivity index (χ3v) is 18.1. The Labute approximate surface area is 380 Å². The molecule has 0 bridgehead atoms. The third kappa shape index (κ3) is 6.47. The summed E-state index contributed by atoms with van der Waals surface area (Å²) < 4.78 is 2.42. The quantitative estimate of drug-likeness (QED) is 0.104. The molecule has 1 aromatic heterocycles. The lowest BCUT2D eigenvalue weighted by atomic mass is 9.98. The summed E-state index contributed by atoms with van der Waals surface area (Å²) in [4.78, 5) is 2.43. The first-order valence-electron chi connectivity index (χ1n) is 22.4. The molecule has 0 aliphatic carbocycles. The van der Waals surface area contributed by atoms with Gasteiger partial charge in [-0.1, -0.05) is 206 Å². The summed E-state index contributed by atoms with van der Waals surface area (Å²) in [5.74, 6) is 0. The van der Waals surface area contributed by atoms with E-state index in [0.717, 1.165) is 22.7 Å². The van der Waals surface area contributed by atoms with Crippen LogP contribution in [0.15, 0.2) is 267 Å². The topological polar surface area (TPSA) is 8.17 Å². The lowest BCUT2D eigenvalue weighted by molar-refractivity contribution is 1.17. The Morgan fingerprint density at radius 1 is 0.308 bits per heavy atom. The van der Waals surface area contributed by atoms with E-state index in [9.17, 15) is 0 Å². The predicted molar refractivity (Wildman–Crippen MR) is 280 cm³/mol. The van der Waals surface area contributed by atoms with Gasteiger partial charge < -0.3 is 9.47 Å². The summed E-state index contributed by atoms with van der Waals surface area (Å²) in [6.07, 6.45) is 0. The van der Waals surface area contributed by atoms with Crippen molar-refractivity contribution < 1.29 is 0 Å². The lowest BCUT2D eigenvalue weighted by Gasteiger charge is -2.35. The van der Waals surface area contributed by atoms with Gasteiger partial charge in [0.25, 0.3) is 0 Å². The Kier molecular flexibility index (Phi) is 9.55. The van der Waals surface area contributed by atoms with Gasteiger partial charge in [-0.15, -0.1) is 0 Å². The Balaban J connectivity index is 1.05. The normalized spacial score (nSPS) is 11.7. The second-order valence-electron chi connectivity index (χ2n) is 16.9. The molecule has 0 fully saturated rings. The first-order chi connectivity index (χ1) is 32.3. The van der Waals surface area contributed by atoms with Crippen molar-refractivity contribution in [1.82, 2.24) is 4.57 Å². The third-order valence-electron chi connectivity index (χ3n) is 13.3. The molecule has 306 valence electrons. The summed E-state index contributed by atoms with van der Waals surface area (Å²) in [5, 5.41) is 12.9. The molecule has 0 saturated heterocycles. The van der Waals surface area contributed by atoms with Crippen molar-refractivity contribution in [2.75, 3.05) is 4.90 Å². The molecule has 0 radical (unpaired) electrons. The molecule has 12 rings (SSSR count). The molecule has 0 spiro atoms. The van der Waals surface area contributed by atoms with Crippen LogP contribution in [-0.2, 0) is 0 Å². The fourth-order valence-corrected chi connectivity index (χ4v) is 15.2. The van der Waals surface area contributed by atoms with E-state index in [0.29, 0.717) is 0 Å². The summed E-state index contributed by atoms with van der Waals surface area (Å²) in [5.41, 5.74) is 9.23. The van der Waals surface area contributed by atoms with Crippen LogP contribution in [0.4, 0.5) is 17.1 Å². The average molecular weight is 845 g/mol. The Morgan fingerprint density at radius 2 is 0.800 bits per heavy atom. The van der Waals surface area contributed by atoms with Crippen LogP contribution >= 0.6 is 0 Å². The van der Waals surface area contributed by atoms with E-state index < -0.39 is 8.07 Å². The number of nitrogens with zero attached hydrogens (tertiary/aromatic N) is 2. The number of rotatable bonds is 9. The largest absolute Gasteiger partial charge is 0.311 e. The van der Waals surface area contributed by atoms with Gasteiger partial charge in [-0.3, -0.25) is 0 Å². The van der Waals surface area contributed by atoms with E-state index in [2.05, 4.69) is 276 Å². The van der Waals surface area contributed by atoms with Crippen molar-refractivity contribution in [2.24, 2.45) is 0 Å². The Morgan fingerprint density at radius 3 is 1.45 bits per heavy atom. The molecular weight excluding hydrogens is 801 g/mol. The van der Waals surface area contributed by atoms with Crippen LogP contribution in [-0.4, -0.2) is 12.6 Å². The van der Waals surface area contributed by atoms with Gasteiger partial charge in [-0.2, -0.15) is 0 Å². The van der Waals surface area contributed by atoms with Crippen LogP contribution in [0.25, 0.3) is 60.2 Å². The van der Waals surface area contributed by atoms with Gasteiger partial charge in [0, 0.05) is 33.5 Å². The van der Waals surface area contributed by atoms with Crippen LogP contribution in [0.1, 0.15) is 0 Å². The van der Waals surface area contributed by atoms with Crippen LogP contribution in [0.3, 0.4) is 0 Å². The van der Waals surface area contributed by atoms with E-state index in [1.807, 2.05) is 0 Å². The number of hydrogen-bond donors (Lipinski definition) is 0. The smallest absolute Gasteiger partial charge is 0.179 e. The van der Waals surface area contributed by atoms with Gasteiger partial charge in [-0.25, -0.2) is 0 Å². The SMILES string of the molecule is c1ccc([Si](c2ccccc2)(c2ccccc2)c2cccc(N(c3ccc(-c4cccc5ccccc45)cc3)c3ccc(-n4c5ccccc5c5c6ccccc6ccc54)cc3)c2)cc1. The number of benzene rings is 11. The molecule has 1 heterocycles. The number of fused-ring (bicyclic) bond motifs is 6. The highest BCUT2D eigenvalue weighted by atomic mass is 28.3. The molecule has 0 atom stereocenters. The highest BCUT2D eigenvalue weighted by Gasteiger charge is 2.41. The molecule has 2 nitrogen and oxygen atoms in total. The minimum atomic E-state index is -2.81. The monoisotopic (exact) mass is 844 g/mol. The van der Waals surface area contributed by atoms with Crippen LogP contribution in [0.2, 0.25) is 0 Å². The highest BCUT2D eigenvalue weighted by molar-refractivity contribution is 7.19. The second kappa shape index (κ2) is 16.1. The van der Waals surface area contributed by atoms with Crippen LogP contribution < -0.4 is 25.6 Å². The van der Waals surface area contributed by atoms with Crippen molar-refractivity contribution in [1.29, 1.82) is 0 Å². The average Bonchev–Trinajstić information content (AvgIpc) is 3.73. The Hall–Kier alpha value is -8.24. The van der Waals surface area contributed by atoms with Crippen LogP contribution in [0, 0.1) is 0 Å². The maximum absolute atomic E-state index is 2.81. The Bertz CT molecular complexity index is 3530. The van der Waals surface area contributed by atoms with Gasteiger partial charge >= 0.3 is 0 Å². The van der Waals surface area contributed by atoms with E-state index >= 15 is 0 Å². The number of hydrogen-bond acceptors (Lipinski definition) is 1. The first-order valence-corrected chi connectivity index (χ1v) is 24.4. The zero-order chi connectivity index (χ0) is 43.2. The molecular formula is C62H44N2Si. The van der Waals surface area contributed by atoms with Crippen molar-refractivity contribution >= 4 is 89.2 Å². The predicted octanol–water partition coefficient (Wildman–Crippen LogP) is 13.6. The molecule has 65 heavy (non-hydrogen) atoms. The maximum atomic E-state index is 2.46. The molecule has 0 aliphatic heterocycles. The first kappa shape index (κ1) is 38.4. The number of anilines is 3. The molecule has 0 saturated carbocycles. The van der Waals surface area contributed by atoms with E-state index in [4.69, 9.17) is 0 Å². The summed E-state index contributed by atoms with van der Waals surface area (Å²) in [6, 6.07) is 98.5. The van der Waals surface area contributed by atoms with Gasteiger partial charge in [0.05, 0.1) is 11.0 Å². The fraction of sp³-hybridized carbons (Fsp3) is 0. The molecule has 11 aromatic carbocycles. The summed E-state index contributed by atoms with van der Waals surface area (Å²) in [6.45, 7) is 0. The molecule has 0 aliphatic rings. The molecule has 0 N–H and O–H groups in total. The van der Waals surface area contributed by atoms with Crippen molar-refractivity contribution in [2.45, 2.75) is 0 Å². The minimum absolute atomic E-state index is 1.08.